The lowest BCUT2D eigenvalue weighted by Crippen LogP contribution is -2.58. The molecular weight excluding hydrogens is 266 g/mol. The molecule has 1 aliphatic heterocycles. The summed E-state index contributed by atoms with van der Waals surface area (Å²) in [5.74, 6) is 0.321. The molecular formula is C17H31NO3. The summed E-state index contributed by atoms with van der Waals surface area (Å²) < 4.78 is 11.6. The zero-order valence-electron chi connectivity index (χ0n) is 13.4. The molecule has 2 aliphatic carbocycles. The highest BCUT2D eigenvalue weighted by atomic mass is 16.7. The van der Waals surface area contributed by atoms with Crippen molar-refractivity contribution in [2.75, 3.05) is 19.8 Å². The minimum atomic E-state index is -0.629. The lowest BCUT2D eigenvalue weighted by Gasteiger charge is -2.54. The fourth-order valence-electron chi connectivity index (χ4n) is 4.99. The molecule has 1 saturated heterocycles. The van der Waals surface area contributed by atoms with Crippen LogP contribution in [0.15, 0.2) is 0 Å². The molecule has 1 spiro atoms. The molecule has 0 aromatic carbocycles. The molecule has 0 bridgehead atoms. The fraction of sp³-hybridized carbons (Fsp3) is 1.00. The van der Waals surface area contributed by atoms with E-state index in [9.17, 15) is 5.11 Å². The minimum Gasteiger partial charge on any atom is -0.389 e. The molecule has 4 heteroatoms. The summed E-state index contributed by atoms with van der Waals surface area (Å²) >= 11 is 0. The molecule has 2 atom stereocenters. The first-order chi connectivity index (χ1) is 10.1. The van der Waals surface area contributed by atoms with Gasteiger partial charge in [-0.15, -0.1) is 0 Å². The number of aliphatic hydroxyl groups is 1. The van der Waals surface area contributed by atoms with E-state index in [2.05, 4.69) is 6.92 Å². The third-order valence-corrected chi connectivity index (χ3v) is 6.55. The molecule has 122 valence electrons. The molecule has 3 fully saturated rings. The highest BCUT2D eigenvalue weighted by Crippen LogP contribution is 2.54. The van der Waals surface area contributed by atoms with Gasteiger partial charge in [0.25, 0.3) is 0 Å². The van der Waals surface area contributed by atoms with Crippen LogP contribution in [0.5, 0.6) is 0 Å². The van der Waals surface area contributed by atoms with Crippen LogP contribution in [-0.4, -0.2) is 36.3 Å². The number of nitrogens with two attached hydrogens (primary N) is 1. The predicted molar refractivity (Wildman–Crippen MR) is 81.8 cm³/mol. The van der Waals surface area contributed by atoms with Gasteiger partial charge in [0.1, 0.15) is 0 Å². The number of hydrogen-bond donors (Lipinski definition) is 2. The van der Waals surface area contributed by atoms with Crippen molar-refractivity contribution in [3.63, 3.8) is 0 Å². The Hall–Kier alpha value is -0.160. The van der Waals surface area contributed by atoms with Gasteiger partial charge in [-0.2, -0.15) is 0 Å². The van der Waals surface area contributed by atoms with Gasteiger partial charge in [-0.05, 0) is 31.6 Å². The summed E-state index contributed by atoms with van der Waals surface area (Å²) in [6.07, 6.45) is 9.01. The van der Waals surface area contributed by atoms with Gasteiger partial charge in [-0.1, -0.05) is 26.2 Å². The second-order valence-corrected chi connectivity index (χ2v) is 7.49. The van der Waals surface area contributed by atoms with Crippen molar-refractivity contribution >= 4 is 0 Å². The van der Waals surface area contributed by atoms with Gasteiger partial charge >= 0.3 is 0 Å². The Morgan fingerprint density at radius 1 is 1.10 bits per heavy atom. The maximum Gasteiger partial charge on any atom is 0.168 e. The first-order valence-electron chi connectivity index (χ1n) is 8.77. The quantitative estimate of drug-likeness (QED) is 0.840. The van der Waals surface area contributed by atoms with Gasteiger partial charge < -0.3 is 20.3 Å². The Morgan fingerprint density at radius 2 is 1.76 bits per heavy atom. The van der Waals surface area contributed by atoms with Gasteiger partial charge in [0.2, 0.25) is 0 Å². The largest absolute Gasteiger partial charge is 0.389 e. The van der Waals surface area contributed by atoms with E-state index in [1.54, 1.807) is 0 Å². The van der Waals surface area contributed by atoms with Gasteiger partial charge in [0.15, 0.2) is 5.79 Å². The lowest BCUT2D eigenvalue weighted by atomic mass is 9.56. The van der Waals surface area contributed by atoms with Crippen molar-refractivity contribution in [1.29, 1.82) is 0 Å². The standard InChI is InChI=1S/C17H31NO3/c1-2-14-4-3-5-15(12-14,13-18)16(19)6-8-17(9-7-16)20-10-11-21-17/h14,19H,2-13,18H2,1H3. The van der Waals surface area contributed by atoms with E-state index in [1.165, 1.54) is 19.3 Å². The molecule has 3 aliphatic rings. The van der Waals surface area contributed by atoms with E-state index in [4.69, 9.17) is 15.2 Å². The third kappa shape index (κ3) is 2.65. The van der Waals surface area contributed by atoms with E-state index < -0.39 is 11.4 Å². The van der Waals surface area contributed by atoms with Crippen LogP contribution >= 0.6 is 0 Å². The normalized spacial score (nSPS) is 38.7. The molecule has 2 saturated carbocycles. The summed E-state index contributed by atoms with van der Waals surface area (Å²) in [5, 5.41) is 11.4. The van der Waals surface area contributed by atoms with Crippen molar-refractivity contribution in [3.8, 4) is 0 Å². The Bertz CT molecular complexity index is 357. The molecule has 21 heavy (non-hydrogen) atoms. The monoisotopic (exact) mass is 297 g/mol. The Balaban J connectivity index is 1.74. The van der Waals surface area contributed by atoms with E-state index in [0.717, 1.165) is 44.4 Å². The number of ether oxygens (including phenoxy) is 2. The van der Waals surface area contributed by atoms with Crippen LogP contribution in [-0.2, 0) is 9.47 Å². The topological polar surface area (TPSA) is 64.7 Å². The highest BCUT2D eigenvalue weighted by molar-refractivity contribution is 5.06. The van der Waals surface area contributed by atoms with E-state index in [0.29, 0.717) is 19.8 Å². The average molecular weight is 297 g/mol. The van der Waals surface area contributed by atoms with Crippen LogP contribution in [0.3, 0.4) is 0 Å². The Labute approximate surface area is 128 Å². The van der Waals surface area contributed by atoms with E-state index >= 15 is 0 Å². The molecule has 3 rings (SSSR count). The van der Waals surface area contributed by atoms with Gasteiger partial charge in [0, 0.05) is 24.8 Å². The summed E-state index contributed by atoms with van der Waals surface area (Å²) in [7, 11) is 0. The maximum absolute atomic E-state index is 11.4. The second-order valence-electron chi connectivity index (χ2n) is 7.49. The molecule has 4 nitrogen and oxygen atoms in total. The Morgan fingerprint density at radius 3 is 2.33 bits per heavy atom. The van der Waals surface area contributed by atoms with Gasteiger partial charge in [-0.25, -0.2) is 0 Å². The number of hydrogen-bond acceptors (Lipinski definition) is 4. The average Bonchev–Trinajstić information content (AvgIpc) is 2.99. The lowest BCUT2D eigenvalue weighted by molar-refractivity contribution is -0.227. The van der Waals surface area contributed by atoms with E-state index in [-0.39, 0.29) is 5.41 Å². The molecule has 3 N–H and O–H groups in total. The molecule has 0 aromatic heterocycles. The summed E-state index contributed by atoms with van der Waals surface area (Å²) in [4.78, 5) is 0. The van der Waals surface area contributed by atoms with Crippen LogP contribution in [0, 0.1) is 11.3 Å². The highest BCUT2D eigenvalue weighted by Gasteiger charge is 2.55. The third-order valence-electron chi connectivity index (χ3n) is 6.55. The first-order valence-corrected chi connectivity index (χ1v) is 8.77. The zero-order valence-corrected chi connectivity index (χ0v) is 13.4. The minimum absolute atomic E-state index is 0.0911. The van der Waals surface area contributed by atoms with Crippen LogP contribution < -0.4 is 5.73 Å². The van der Waals surface area contributed by atoms with Gasteiger partial charge in [0.05, 0.1) is 18.8 Å². The zero-order chi connectivity index (χ0) is 15.0. The van der Waals surface area contributed by atoms with Crippen molar-refractivity contribution < 1.29 is 14.6 Å². The van der Waals surface area contributed by atoms with E-state index in [1.807, 2.05) is 0 Å². The smallest absolute Gasteiger partial charge is 0.168 e. The van der Waals surface area contributed by atoms with Gasteiger partial charge in [-0.3, -0.25) is 0 Å². The number of rotatable bonds is 3. The maximum atomic E-state index is 11.4. The molecule has 1 heterocycles. The second kappa shape index (κ2) is 5.80. The molecule has 0 amide bonds. The molecule has 0 aromatic rings. The summed E-state index contributed by atoms with van der Waals surface area (Å²) in [6.45, 7) is 4.25. The van der Waals surface area contributed by atoms with Crippen molar-refractivity contribution in [3.05, 3.63) is 0 Å². The summed E-state index contributed by atoms with van der Waals surface area (Å²) in [6, 6.07) is 0. The van der Waals surface area contributed by atoms with Crippen LogP contribution in [0.2, 0.25) is 0 Å². The summed E-state index contributed by atoms with van der Waals surface area (Å²) in [5.41, 5.74) is 5.47. The SMILES string of the molecule is CCC1CCCC(CN)(C2(O)CCC3(CC2)OCCO3)C1. The predicted octanol–water partition coefficient (Wildman–Crippen LogP) is 2.58. The fourth-order valence-corrected chi connectivity index (χ4v) is 4.99. The first kappa shape index (κ1) is 15.7. The molecule has 0 radical (unpaired) electrons. The molecule has 2 unspecified atom stereocenters. The van der Waals surface area contributed by atoms with Crippen LogP contribution in [0.25, 0.3) is 0 Å². The van der Waals surface area contributed by atoms with Crippen molar-refractivity contribution in [2.24, 2.45) is 17.1 Å². The van der Waals surface area contributed by atoms with Crippen molar-refractivity contribution in [2.45, 2.75) is 76.1 Å². The van der Waals surface area contributed by atoms with Crippen LogP contribution in [0.4, 0.5) is 0 Å². The Kier molecular flexibility index (Phi) is 4.34. The van der Waals surface area contributed by atoms with Crippen LogP contribution in [0.1, 0.15) is 64.7 Å². The van der Waals surface area contributed by atoms with Crippen molar-refractivity contribution in [1.82, 2.24) is 0 Å².